The highest BCUT2D eigenvalue weighted by molar-refractivity contribution is 6.31. The molecule has 0 aromatic heterocycles. The fraction of sp³-hybridized carbons (Fsp3) is 0.500. The quantitative estimate of drug-likeness (QED) is 0.835. The molecule has 1 rings (SSSR count). The van der Waals surface area contributed by atoms with Crippen LogP contribution in [0.25, 0.3) is 0 Å². The minimum absolute atomic E-state index is 0.681. The minimum atomic E-state index is 0.681. The largest absolute Gasteiger partial charge is 0.494 e. The highest BCUT2D eigenvalue weighted by Crippen LogP contribution is 2.26. The number of nitrogens with one attached hydrogen (secondary N) is 1. The zero-order valence-corrected chi connectivity index (χ0v) is 10.3. The minimum Gasteiger partial charge on any atom is -0.494 e. The average Bonchev–Trinajstić information content (AvgIpc) is 2.21. The zero-order chi connectivity index (χ0) is 11.3. The van der Waals surface area contributed by atoms with Gasteiger partial charge in [-0.3, -0.25) is 0 Å². The molecule has 1 N–H and O–H groups in total. The summed E-state index contributed by atoms with van der Waals surface area (Å²) in [5.74, 6) is 0.931. The maximum absolute atomic E-state index is 6.08. The Morgan fingerprint density at radius 3 is 2.67 bits per heavy atom. The molecule has 15 heavy (non-hydrogen) atoms. The standard InChI is InChI=1S/C12H18ClNO/c1-4-14-8-10-7-11(13)9(3)6-12(10)15-5-2/h6-7,14H,4-5,8H2,1-3H3. The average molecular weight is 228 g/mol. The van der Waals surface area contributed by atoms with Crippen molar-refractivity contribution in [2.24, 2.45) is 0 Å². The Morgan fingerprint density at radius 1 is 1.33 bits per heavy atom. The highest BCUT2D eigenvalue weighted by atomic mass is 35.5. The predicted molar refractivity (Wildman–Crippen MR) is 64.7 cm³/mol. The van der Waals surface area contributed by atoms with Gasteiger partial charge in [0.15, 0.2) is 0 Å². The lowest BCUT2D eigenvalue weighted by atomic mass is 10.1. The molecule has 0 unspecified atom stereocenters. The van der Waals surface area contributed by atoms with E-state index in [1.165, 1.54) is 0 Å². The Labute approximate surface area is 96.6 Å². The van der Waals surface area contributed by atoms with E-state index in [0.717, 1.165) is 35.0 Å². The van der Waals surface area contributed by atoms with Crippen LogP contribution >= 0.6 is 11.6 Å². The SMILES string of the molecule is CCNCc1cc(Cl)c(C)cc1OCC. The van der Waals surface area contributed by atoms with Gasteiger partial charge in [0, 0.05) is 17.1 Å². The summed E-state index contributed by atoms with van der Waals surface area (Å²) in [5.41, 5.74) is 2.18. The first-order valence-electron chi connectivity index (χ1n) is 5.31. The topological polar surface area (TPSA) is 21.3 Å². The number of hydrogen-bond acceptors (Lipinski definition) is 2. The van der Waals surface area contributed by atoms with Crippen LogP contribution in [0.4, 0.5) is 0 Å². The van der Waals surface area contributed by atoms with Crippen LogP contribution in [0.3, 0.4) is 0 Å². The lowest BCUT2D eigenvalue weighted by Crippen LogP contribution is -2.13. The van der Waals surface area contributed by atoms with Crippen molar-refractivity contribution in [1.29, 1.82) is 0 Å². The molecule has 84 valence electrons. The zero-order valence-electron chi connectivity index (χ0n) is 9.56. The van der Waals surface area contributed by atoms with Crippen molar-refractivity contribution in [3.8, 4) is 5.75 Å². The third kappa shape index (κ3) is 3.40. The van der Waals surface area contributed by atoms with Gasteiger partial charge < -0.3 is 10.1 Å². The number of ether oxygens (including phenoxy) is 1. The van der Waals surface area contributed by atoms with Crippen molar-refractivity contribution in [3.05, 3.63) is 28.3 Å². The maximum atomic E-state index is 6.08. The van der Waals surface area contributed by atoms with Crippen LogP contribution in [0.5, 0.6) is 5.75 Å². The summed E-state index contributed by atoms with van der Waals surface area (Å²) in [6.45, 7) is 8.47. The van der Waals surface area contributed by atoms with Crippen molar-refractivity contribution in [2.75, 3.05) is 13.2 Å². The molecule has 0 aliphatic rings. The van der Waals surface area contributed by atoms with Crippen LogP contribution < -0.4 is 10.1 Å². The molecule has 1 aromatic carbocycles. The first kappa shape index (κ1) is 12.3. The van der Waals surface area contributed by atoms with Crippen LogP contribution in [-0.4, -0.2) is 13.2 Å². The summed E-state index contributed by atoms with van der Waals surface area (Å²) >= 11 is 6.08. The molecule has 0 aliphatic carbocycles. The number of aryl methyl sites for hydroxylation is 1. The molecule has 0 fully saturated rings. The second kappa shape index (κ2) is 5.99. The third-order valence-corrected chi connectivity index (χ3v) is 2.61. The van der Waals surface area contributed by atoms with Gasteiger partial charge in [-0.05, 0) is 38.1 Å². The van der Waals surface area contributed by atoms with Crippen LogP contribution in [-0.2, 0) is 6.54 Å². The summed E-state index contributed by atoms with van der Waals surface area (Å²) in [4.78, 5) is 0. The van der Waals surface area contributed by atoms with Gasteiger partial charge in [-0.1, -0.05) is 18.5 Å². The molecule has 0 atom stereocenters. The van der Waals surface area contributed by atoms with Gasteiger partial charge in [-0.2, -0.15) is 0 Å². The second-order valence-electron chi connectivity index (χ2n) is 3.42. The van der Waals surface area contributed by atoms with E-state index in [9.17, 15) is 0 Å². The number of hydrogen-bond donors (Lipinski definition) is 1. The molecule has 0 spiro atoms. The molecule has 0 radical (unpaired) electrons. The van der Waals surface area contributed by atoms with E-state index in [1.54, 1.807) is 0 Å². The summed E-state index contributed by atoms with van der Waals surface area (Å²) in [5, 5.41) is 4.07. The number of halogens is 1. The van der Waals surface area contributed by atoms with Gasteiger partial charge in [-0.25, -0.2) is 0 Å². The van der Waals surface area contributed by atoms with E-state index >= 15 is 0 Å². The van der Waals surface area contributed by atoms with Crippen LogP contribution in [0, 0.1) is 6.92 Å². The predicted octanol–water partition coefficient (Wildman–Crippen LogP) is 3.16. The van der Waals surface area contributed by atoms with Crippen LogP contribution in [0.15, 0.2) is 12.1 Å². The molecule has 0 heterocycles. The van der Waals surface area contributed by atoms with Gasteiger partial charge in [0.2, 0.25) is 0 Å². The van der Waals surface area contributed by atoms with E-state index in [-0.39, 0.29) is 0 Å². The Hall–Kier alpha value is -0.730. The summed E-state index contributed by atoms with van der Waals surface area (Å²) in [6, 6.07) is 3.98. The number of benzene rings is 1. The molecule has 0 amide bonds. The van der Waals surface area contributed by atoms with E-state index < -0.39 is 0 Å². The van der Waals surface area contributed by atoms with Crippen LogP contribution in [0.2, 0.25) is 5.02 Å². The molecule has 0 saturated carbocycles. The maximum Gasteiger partial charge on any atom is 0.124 e. The second-order valence-corrected chi connectivity index (χ2v) is 3.83. The van der Waals surface area contributed by atoms with Gasteiger partial charge in [0.1, 0.15) is 5.75 Å². The number of rotatable bonds is 5. The Morgan fingerprint density at radius 2 is 2.07 bits per heavy atom. The molecular weight excluding hydrogens is 210 g/mol. The smallest absolute Gasteiger partial charge is 0.124 e. The Kier molecular flexibility index (Phi) is 4.92. The monoisotopic (exact) mass is 227 g/mol. The Balaban J connectivity index is 2.93. The first-order chi connectivity index (χ1) is 7.19. The highest BCUT2D eigenvalue weighted by Gasteiger charge is 2.06. The molecule has 1 aromatic rings. The fourth-order valence-electron chi connectivity index (χ4n) is 1.38. The van der Waals surface area contributed by atoms with E-state index in [1.807, 2.05) is 26.0 Å². The van der Waals surface area contributed by atoms with Gasteiger partial charge in [-0.15, -0.1) is 0 Å². The van der Waals surface area contributed by atoms with Crippen molar-refractivity contribution >= 4 is 11.6 Å². The van der Waals surface area contributed by atoms with Crippen molar-refractivity contribution in [3.63, 3.8) is 0 Å². The summed E-state index contributed by atoms with van der Waals surface area (Å²) in [6.07, 6.45) is 0. The molecule has 2 nitrogen and oxygen atoms in total. The van der Waals surface area contributed by atoms with Gasteiger partial charge in [0.25, 0.3) is 0 Å². The molecular formula is C12H18ClNO. The molecule has 3 heteroatoms. The lowest BCUT2D eigenvalue weighted by molar-refractivity contribution is 0.335. The molecule has 0 saturated heterocycles. The normalized spacial score (nSPS) is 10.4. The fourth-order valence-corrected chi connectivity index (χ4v) is 1.57. The lowest BCUT2D eigenvalue weighted by Gasteiger charge is -2.12. The summed E-state index contributed by atoms with van der Waals surface area (Å²) < 4.78 is 5.57. The van der Waals surface area contributed by atoms with Gasteiger partial charge >= 0.3 is 0 Å². The van der Waals surface area contributed by atoms with Crippen molar-refractivity contribution in [2.45, 2.75) is 27.3 Å². The van der Waals surface area contributed by atoms with E-state index in [2.05, 4.69) is 12.2 Å². The van der Waals surface area contributed by atoms with Crippen molar-refractivity contribution < 1.29 is 4.74 Å². The van der Waals surface area contributed by atoms with E-state index in [4.69, 9.17) is 16.3 Å². The summed E-state index contributed by atoms with van der Waals surface area (Å²) in [7, 11) is 0. The van der Waals surface area contributed by atoms with Crippen LogP contribution in [0.1, 0.15) is 25.0 Å². The third-order valence-electron chi connectivity index (χ3n) is 2.21. The van der Waals surface area contributed by atoms with Gasteiger partial charge in [0.05, 0.1) is 6.61 Å². The molecule has 0 bridgehead atoms. The first-order valence-corrected chi connectivity index (χ1v) is 5.69. The Bertz CT molecular complexity index is 326. The van der Waals surface area contributed by atoms with Crippen molar-refractivity contribution in [1.82, 2.24) is 5.32 Å². The van der Waals surface area contributed by atoms with E-state index in [0.29, 0.717) is 6.61 Å². The molecule has 0 aliphatic heterocycles.